The number of aliphatic hydroxyl groups is 1. The summed E-state index contributed by atoms with van der Waals surface area (Å²) in [6, 6.07) is 7.63. The minimum atomic E-state index is -0.264. The first-order chi connectivity index (χ1) is 12.8. The molecule has 0 saturated carbocycles. The largest absolute Gasteiger partial charge is 0.393 e. The van der Waals surface area contributed by atoms with Gasteiger partial charge in [-0.25, -0.2) is 4.79 Å². The molecule has 0 radical (unpaired) electrons. The molecule has 2 amide bonds. The number of amides is 2. The molecule has 0 aromatic heterocycles. The van der Waals surface area contributed by atoms with Crippen LogP contribution >= 0.6 is 11.6 Å². The molecule has 0 bridgehead atoms. The Morgan fingerprint density at radius 3 is 2.67 bits per heavy atom. The van der Waals surface area contributed by atoms with E-state index in [0.29, 0.717) is 44.0 Å². The van der Waals surface area contributed by atoms with E-state index in [-0.39, 0.29) is 17.6 Å². The highest BCUT2D eigenvalue weighted by Gasteiger charge is 2.35. The van der Waals surface area contributed by atoms with Gasteiger partial charge in [0.1, 0.15) is 0 Å². The molecule has 144 valence electrons. The second-order valence-corrected chi connectivity index (χ2v) is 8.44. The lowest BCUT2D eigenvalue weighted by Gasteiger charge is -2.43. The van der Waals surface area contributed by atoms with Gasteiger partial charge in [-0.2, -0.15) is 0 Å². The molecule has 5 heteroatoms. The number of aliphatic hydroxyl groups excluding tert-OH is 1. The van der Waals surface area contributed by atoms with Crippen molar-refractivity contribution in [3.05, 3.63) is 46.5 Å². The van der Waals surface area contributed by atoms with Crippen molar-refractivity contribution in [3.8, 4) is 11.8 Å². The summed E-state index contributed by atoms with van der Waals surface area (Å²) in [4.78, 5) is 16.6. The van der Waals surface area contributed by atoms with Gasteiger partial charge in [0.15, 0.2) is 0 Å². The number of hydrogen-bond donors (Lipinski definition) is 1. The molecule has 2 heterocycles. The highest BCUT2D eigenvalue weighted by molar-refractivity contribution is 6.30. The Hall–Kier alpha value is -1.96. The van der Waals surface area contributed by atoms with Gasteiger partial charge in [0.05, 0.1) is 6.10 Å². The van der Waals surface area contributed by atoms with Crippen LogP contribution in [0, 0.1) is 17.3 Å². The quantitative estimate of drug-likeness (QED) is 0.686. The summed E-state index contributed by atoms with van der Waals surface area (Å²) in [7, 11) is 0. The Morgan fingerprint density at radius 1 is 1.26 bits per heavy atom. The summed E-state index contributed by atoms with van der Waals surface area (Å²) in [5, 5.41) is 10.3. The van der Waals surface area contributed by atoms with E-state index in [4.69, 9.17) is 11.6 Å². The maximum atomic E-state index is 12.8. The Labute approximate surface area is 166 Å². The number of nitrogens with zero attached hydrogens (tertiary/aromatic N) is 2. The summed E-state index contributed by atoms with van der Waals surface area (Å²) in [5.41, 5.74) is 2.07. The van der Waals surface area contributed by atoms with Crippen molar-refractivity contribution < 1.29 is 9.90 Å². The molecular formula is C22H27ClN2O2. The fourth-order valence-electron chi connectivity index (χ4n) is 3.71. The zero-order chi connectivity index (χ0) is 19.4. The highest BCUT2D eigenvalue weighted by atomic mass is 35.5. The normalized spacial score (nSPS) is 21.7. The van der Waals surface area contributed by atoms with Crippen LogP contribution in [-0.4, -0.2) is 53.2 Å². The summed E-state index contributed by atoms with van der Waals surface area (Å²) in [5.74, 6) is 6.29. The number of urea groups is 1. The molecule has 4 nitrogen and oxygen atoms in total. The number of rotatable bonds is 0. The van der Waals surface area contributed by atoms with Gasteiger partial charge < -0.3 is 14.9 Å². The number of allylic oxidation sites excluding steroid dienone is 1. The van der Waals surface area contributed by atoms with Crippen LogP contribution in [0.25, 0.3) is 0 Å². The van der Waals surface area contributed by atoms with Gasteiger partial charge in [0.25, 0.3) is 0 Å². The van der Waals surface area contributed by atoms with Crippen LogP contribution in [0.3, 0.4) is 0 Å². The minimum Gasteiger partial charge on any atom is -0.393 e. The standard InChI is InChI=1S/C22H27ClN2O2/c1-22(2)16-25(21(27)24-13-10-20(26)11-14-24)12-9-18(22)7-3-5-17-6-4-8-19(23)15-17/h4,6-8,15,20,26H,9-14,16H2,1-2H3/b18-7+. The van der Waals surface area contributed by atoms with E-state index in [1.165, 1.54) is 5.57 Å². The average molecular weight is 387 g/mol. The number of likely N-dealkylation sites (tertiary alicyclic amines) is 2. The Kier molecular flexibility index (Phi) is 6.14. The summed E-state index contributed by atoms with van der Waals surface area (Å²) < 4.78 is 0. The Balaban J connectivity index is 1.64. The van der Waals surface area contributed by atoms with Crippen molar-refractivity contribution in [1.82, 2.24) is 9.80 Å². The topological polar surface area (TPSA) is 43.8 Å². The Bertz CT molecular complexity index is 783. The first kappa shape index (κ1) is 19.8. The predicted octanol–water partition coefficient (Wildman–Crippen LogP) is 3.93. The van der Waals surface area contributed by atoms with Crippen LogP contribution in [0.5, 0.6) is 0 Å². The minimum absolute atomic E-state index is 0.0963. The smallest absolute Gasteiger partial charge is 0.320 e. The third-order valence-electron chi connectivity index (χ3n) is 5.40. The molecule has 0 spiro atoms. The first-order valence-corrected chi connectivity index (χ1v) is 9.91. The average Bonchev–Trinajstić information content (AvgIpc) is 2.63. The number of halogens is 1. The van der Waals surface area contributed by atoms with Gasteiger partial charge in [-0.15, -0.1) is 0 Å². The lowest BCUT2D eigenvalue weighted by atomic mass is 9.79. The van der Waals surface area contributed by atoms with E-state index in [2.05, 4.69) is 25.7 Å². The lowest BCUT2D eigenvalue weighted by Crippen LogP contribution is -2.52. The summed E-state index contributed by atoms with van der Waals surface area (Å²) in [6.07, 6.45) is 3.92. The van der Waals surface area contributed by atoms with Crippen molar-refractivity contribution >= 4 is 17.6 Å². The highest BCUT2D eigenvalue weighted by Crippen LogP contribution is 2.34. The fourth-order valence-corrected chi connectivity index (χ4v) is 3.90. The van der Waals surface area contributed by atoms with E-state index in [1.54, 1.807) is 0 Å². The van der Waals surface area contributed by atoms with Crippen LogP contribution < -0.4 is 0 Å². The van der Waals surface area contributed by atoms with Crippen LogP contribution in [-0.2, 0) is 0 Å². The summed E-state index contributed by atoms with van der Waals surface area (Å²) in [6.45, 7) is 7.02. The summed E-state index contributed by atoms with van der Waals surface area (Å²) >= 11 is 6.00. The molecule has 0 aliphatic carbocycles. The molecule has 2 fully saturated rings. The number of hydrogen-bond acceptors (Lipinski definition) is 2. The molecule has 2 aliphatic rings. The third-order valence-corrected chi connectivity index (χ3v) is 5.63. The maximum absolute atomic E-state index is 12.8. The van der Waals surface area contributed by atoms with Gasteiger partial charge in [-0.1, -0.05) is 48.9 Å². The first-order valence-electron chi connectivity index (χ1n) is 9.54. The van der Waals surface area contributed by atoms with Crippen LogP contribution in [0.1, 0.15) is 38.7 Å². The van der Waals surface area contributed by atoms with Gasteiger partial charge in [0.2, 0.25) is 0 Å². The zero-order valence-corrected chi connectivity index (χ0v) is 16.8. The third kappa shape index (κ3) is 5.06. The van der Waals surface area contributed by atoms with Crippen molar-refractivity contribution in [3.63, 3.8) is 0 Å². The van der Waals surface area contributed by atoms with Crippen molar-refractivity contribution in [2.75, 3.05) is 26.2 Å². The van der Waals surface area contributed by atoms with Crippen molar-refractivity contribution in [1.29, 1.82) is 0 Å². The van der Waals surface area contributed by atoms with Crippen LogP contribution in [0.2, 0.25) is 5.02 Å². The monoisotopic (exact) mass is 386 g/mol. The second kappa shape index (κ2) is 8.37. The fraction of sp³-hybridized carbons (Fsp3) is 0.500. The molecule has 1 N–H and O–H groups in total. The van der Waals surface area contributed by atoms with Gasteiger partial charge in [0, 0.05) is 42.2 Å². The second-order valence-electron chi connectivity index (χ2n) is 8.01. The molecule has 0 unspecified atom stereocenters. The lowest BCUT2D eigenvalue weighted by molar-refractivity contribution is 0.0736. The van der Waals surface area contributed by atoms with Gasteiger partial charge >= 0.3 is 6.03 Å². The van der Waals surface area contributed by atoms with E-state index in [0.717, 1.165) is 12.0 Å². The van der Waals surface area contributed by atoms with Crippen molar-refractivity contribution in [2.45, 2.75) is 39.2 Å². The molecule has 2 saturated heterocycles. The molecule has 1 aromatic rings. The van der Waals surface area contributed by atoms with Gasteiger partial charge in [-0.3, -0.25) is 0 Å². The number of carbonyl (C=O) groups is 1. The van der Waals surface area contributed by atoms with Crippen LogP contribution in [0.4, 0.5) is 4.79 Å². The van der Waals surface area contributed by atoms with Gasteiger partial charge in [-0.05, 0) is 43.5 Å². The zero-order valence-electron chi connectivity index (χ0n) is 16.0. The van der Waals surface area contributed by atoms with E-state index < -0.39 is 0 Å². The molecule has 2 aliphatic heterocycles. The van der Waals surface area contributed by atoms with Crippen LogP contribution in [0.15, 0.2) is 35.9 Å². The van der Waals surface area contributed by atoms with Crippen molar-refractivity contribution in [2.24, 2.45) is 5.41 Å². The molecule has 1 aromatic carbocycles. The molecular weight excluding hydrogens is 360 g/mol. The van der Waals surface area contributed by atoms with E-state index in [9.17, 15) is 9.90 Å². The molecule has 3 rings (SSSR count). The maximum Gasteiger partial charge on any atom is 0.320 e. The van der Waals surface area contributed by atoms with E-state index in [1.807, 2.05) is 40.1 Å². The number of piperidine rings is 2. The number of carbonyl (C=O) groups excluding carboxylic acids is 1. The predicted molar refractivity (Wildman–Crippen MR) is 109 cm³/mol. The Morgan fingerprint density at radius 2 is 2.00 bits per heavy atom. The molecule has 0 atom stereocenters. The number of benzene rings is 1. The van der Waals surface area contributed by atoms with E-state index >= 15 is 0 Å². The molecule has 27 heavy (non-hydrogen) atoms. The SMILES string of the molecule is CC1(C)CN(C(=O)N2CCC(O)CC2)CC/C1=C\C#Cc1cccc(Cl)c1.